The molecular formula is C24H17F3N4O3. The van der Waals surface area contributed by atoms with Crippen LogP contribution in [-0.4, -0.2) is 32.1 Å². The van der Waals surface area contributed by atoms with E-state index in [1.165, 1.54) is 36.9 Å². The number of hydrogen-bond acceptors (Lipinski definition) is 7. The van der Waals surface area contributed by atoms with Crippen LogP contribution >= 0.6 is 0 Å². The number of pyridine rings is 2. The lowest BCUT2D eigenvalue weighted by atomic mass is 10.0. The predicted molar refractivity (Wildman–Crippen MR) is 115 cm³/mol. The summed E-state index contributed by atoms with van der Waals surface area (Å²) in [7, 11) is 0. The number of hydrogen-bond donors (Lipinski definition) is 0. The number of aromatic nitrogens is 4. The van der Waals surface area contributed by atoms with Crippen LogP contribution in [0.2, 0.25) is 0 Å². The van der Waals surface area contributed by atoms with E-state index in [2.05, 4.69) is 24.7 Å². The van der Waals surface area contributed by atoms with Crippen molar-refractivity contribution in [2.75, 3.05) is 0 Å². The highest BCUT2D eigenvalue weighted by molar-refractivity contribution is 5.98. The fourth-order valence-corrected chi connectivity index (χ4v) is 3.12. The molecule has 0 aliphatic rings. The SMILES string of the molecule is Cc1ccncc1C(=O)Cc1cnc(-c2cc(Oc3ccccn3)ccc2OC(F)(F)F)cn1. The molecule has 0 saturated heterocycles. The Hall–Kier alpha value is -4.34. The maximum atomic E-state index is 12.9. The van der Waals surface area contributed by atoms with Gasteiger partial charge in [-0.3, -0.25) is 19.7 Å². The van der Waals surface area contributed by atoms with Crippen LogP contribution in [0.1, 0.15) is 21.6 Å². The lowest BCUT2D eigenvalue weighted by Gasteiger charge is -2.14. The highest BCUT2D eigenvalue weighted by Crippen LogP contribution is 2.36. The maximum Gasteiger partial charge on any atom is 0.573 e. The van der Waals surface area contributed by atoms with Crippen molar-refractivity contribution in [3.63, 3.8) is 0 Å². The van der Waals surface area contributed by atoms with E-state index in [-0.39, 0.29) is 35.1 Å². The van der Waals surface area contributed by atoms with E-state index in [0.717, 1.165) is 11.6 Å². The van der Waals surface area contributed by atoms with E-state index in [4.69, 9.17) is 4.74 Å². The van der Waals surface area contributed by atoms with Crippen LogP contribution < -0.4 is 9.47 Å². The highest BCUT2D eigenvalue weighted by Gasteiger charge is 2.32. The number of Topliss-reactive ketones (excluding diaryl/α,β-unsaturated/α-hetero) is 1. The highest BCUT2D eigenvalue weighted by atomic mass is 19.4. The molecule has 10 heteroatoms. The Bertz CT molecular complexity index is 1300. The van der Waals surface area contributed by atoms with Crippen molar-refractivity contribution in [1.82, 2.24) is 19.9 Å². The number of rotatable bonds is 7. The molecule has 0 saturated carbocycles. The molecule has 34 heavy (non-hydrogen) atoms. The molecule has 0 unspecified atom stereocenters. The lowest BCUT2D eigenvalue weighted by molar-refractivity contribution is -0.274. The van der Waals surface area contributed by atoms with Crippen molar-refractivity contribution < 1.29 is 27.4 Å². The van der Waals surface area contributed by atoms with Gasteiger partial charge < -0.3 is 9.47 Å². The molecular weight excluding hydrogens is 449 g/mol. The van der Waals surface area contributed by atoms with Gasteiger partial charge in [0.2, 0.25) is 5.88 Å². The second kappa shape index (κ2) is 9.65. The van der Waals surface area contributed by atoms with Gasteiger partial charge in [0.05, 0.1) is 24.0 Å². The number of aryl methyl sites for hydroxylation is 1. The number of nitrogens with zero attached hydrogens (tertiary/aromatic N) is 4. The first-order chi connectivity index (χ1) is 16.3. The second-order valence-electron chi connectivity index (χ2n) is 7.16. The van der Waals surface area contributed by atoms with Crippen molar-refractivity contribution in [2.24, 2.45) is 0 Å². The summed E-state index contributed by atoms with van der Waals surface area (Å²) in [5, 5.41) is 0. The smallest absolute Gasteiger partial charge is 0.439 e. The molecule has 3 aromatic heterocycles. The van der Waals surface area contributed by atoms with Gasteiger partial charge in [0.15, 0.2) is 5.78 Å². The van der Waals surface area contributed by atoms with Crippen LogP contribution in [0.4, 0.5) is 13.2 Å². The first kappa shape index (κ1) is 22.8. The fraction of sp³-hybridized carbons (Fsp3) is 0.125. The van der Waals surface area contributed by atoms with E-state index < -0.39 is 12.1 Å². The molecule has 0 N–H and O–H groups in total. The molecule has 4 aromatic rings. The second-order valence-corrected chi connectivity index (χ2v) is 7.16. The van der Waals surface area contributed by atoms with E-state index >= 15 is 0 Å². The number of ether oxygens (including phenoxy) is 2. The number of benzene rings is 1. The van der Waals surface area contributed by atoms with Crippen LogP contribution in [0.15, 0.2) is 73.4 Å². The predicted octanol–water partition coefficient (Wildman–Crippen LogP) is 5.36. The molecule has 1 aromatic carbocycles. The monoisotopic (exact) mass is 466 g/mol. The normalized spacial score (nSPS) is 11.2. The Morgan fingerprint density at radius 3 is 2.50 bits per heavy atom. The summed E-state index contributed by atoms with van der Waals surface area (Å²) in [4.78, 5) is 29.0. The van der Waals surface area contributed by atoms with Crippen molar-refractivity contribution >= 4 is 5.78 Å². The van der Waals surface area contributed by atoms with Crippen LogP contribution in [0.5, 0.6) is 17.4 Å². The number of ketones is 1. The van der Waals surface area contributed by atoms with E-state index in [1.807, 2.05) is 0 Å². The molecule has 0 amide bonds. The molecule has 0 aliphatic heterocycles. The number of carbonyl (C=O) groups excluding carboxylic acids is 1. The minimum absolute atomic E-state index is 0.0132. The molecule has 0 spiro atoms. The van der Waals surface area contributed by atoms with Gasteiger partial charge in [-0.05, 0) is 42.8 Å². The minimum Gasteiger partial charge on any atom is -0.439 e. The van der Waals surface area contributed by atoms with Crippen molar-refractivity contribution in [2.45, 2.75) is 19.7 Å². The standard InChI is InChI=1S/C24H17F3N4O3/c1-15-7-9-28-13-19(15)21(32)10-16-12-31-20(14-30-16)18-11-17(33-23-4-2-3-8-29-23)5-6-22(18)34-24(25,26)27/h2-9,11-14H,10H2,1H3. The Morgan fingerprint density at radius 1 is 0.971 bits per heavy atom. The summed E-state index contributed by atoms with van der Waals surface area (Å²) in [5.41, 5.74) is 1.73. The summed E-state index contributed by atoms with van der Waals surface area (Å²) in [5.74, 6) is -0.163. The zero-order chi connectivity index (χ0) is 24.1. The first-order valence-corrected chi connectivity index (χ1v) is 10.0. The Balaban J connectivity index is 1.61. The van der Waals surface area contributed by atoms with Gasteiger partial charge in [-0.1, -0.05) is 6.07 Å². The summed E-state index contributed by atoms with van der Waals surface area (Å²) < 4.78 is 48.6. The summed E-state index contributed by atoms with van der Waals surface area (Å²) >= 11 is 0. The number of halogens is 3. The molecule has 3 heterocycles. The van der Waals surface area contributed by atoms with E-state index in [1.54, 1.807) is 37.4 Å². The lowest BCUT2D eigenvalue weighted by Crippen LogP contribution is -2.17. The van der Waals surface area contributed by atoms with Gasteiger partial charge in [0.1, 0.15) is 11.5 Å². The first-order valence-electron chi connectivity index (χ1n) is 10.0. The van der Waals surface area contributed by atoms with Crippen molar-refractivity contribution in [3.05, 3.63) is 90.3 Å². The van der Waals surface area contributed by atoms with Crippen molar-refractivity contribution in [3.8, 4) is 28.6 Å². The van der Waals surface area contributed by atoms with Crippen LogP contribution in [0.25, 0.3) is 11.3 Å². The van der Waals surface area contributed by atoms with Gasteiger partial charge in [-0.25, -0.2) is 4.98 Å². The van der Waals surface area contributed by atoms with Gasteiger partial charge in [-0.15, -0.1) is 13.2 Å². The molecule has 0 aliphatic carbocycles. The Kier molecular flexibility index (Phi) is 6.48. The third-order valence-corrected chi connectivity index (χ3v) is 4.70. The zero-order valence-corrected chi connectivity index (χ0v) is 17.8. The Labute approximate surface area is 192 Å². The van der Waals surface area contributed by atoms with Gasteiger partial charge in [-0.2, -0.15) is 0 Å². The number of alkyl halides is 3. The van der Waals surface area contributed by atoms with Crippen LogP contribution in [0, 0.1) is 6.92 Å². The zero-order valence-electron chi connectivity index (χ0n) is 17.8. The molecule has 7 nitrogen and oxygen atoms in total. The molecule has 4 rings (SSSR count). The quantitative estimate of drug-likeness (QED) is 0.339. The third-order valence-electron chi connectivity index (χ3n) is 4.70. The number of carbonyl (C=O) groups is 1. The largest absolute Gasteiger partial charge is 0.573 e. The maximum absolute atomic E-state index is 12.9. The molecule has 0 bridgehead atoms. The molecule has 172 valence electrons. The van der Waals surface area contributed by atoms with Crippen LogP contribution in [0.3, 0.4) is 0 Å². The fourth-order valence-electron chi connectivity index (χ4n) is 3.12. The van der Waals surface area contributed by atoms with Gasteiger partial charge >= 0.3 is 6.36 Å². The summed E-state index contributed by atoms with van der Waals surface area (Å²) in [6, 6.07) is 10.6. The van der Waals surface area contributed by atoms with E-state index in [9.17, 15) is 18.0 Å². The summed E-state index contributed by atoms with van der Waals surface area (Å²) in [6.45, 7) is 1.80. The van der Waals surface area contributed by atoms with Crippen molar-refractivity contribution in [1.29, 1.82) is 0 Å². The summed E-state index contributed by atoms with van der Waals surface area (Å²) in [6.07, 6.45) is 2.27. The van der Waals surface area contributed by atoms with Crippen LogP contribution in [-0.2, 0) is 6.42 Å². The third kappa shape index (κ3) is 5.71. The average molecular weight is 466 g/mol. The molecule has 0 atom stereocenters. The van der Waals surface area contributed by atoms with Gasteiger partial charge in [0.25, 0.3) is 0 Å². The van der Waals surface area contributed by atoms with E-state index in [0.29, 0.717) is 11.3 Å². The average Bonchev–Trinajstić information content (AvgIpc) is 2.81. The Morgan fingerprint density at radius 2 is 1.82 bits per heavy atom. The molecule has 0 fully saturated rings. The topological polar surface area (TPSA) is 87.1 Å². The molecule has 0 radical (unpaired) electrons. The van der Waals surface area contributed by atoms with Gasteiger partial charge in [0, 0.05) is 42.0 Å². The minimum atomic E-state index is -4.90.